The van der Waals surface area contributed by atoms with E-state index in [4.69, 9.17) is 10.2 Å². The van der Waals surface area contributed by atoms with E-state index in [1.807, 2.05) is 25.1 Å². The van der Waals surface area contributed by atoms with E-state index < -0.39 is 6.03 Å². The van der Waals surface area contributed by atoms with Crippen LogP contribution >= 0.6 is 0 Å². The van der Waals surface area contributed by atoms with Crippen molar-refractivity contribution in [2.75, 3.05) is 0 Å². The van der Waals surface area contributed by atoms with Crippen LogP contribution in [0.15, 0.2) is 39.6 Å². The van der Waals surface area contributed by atoms with Gasteiger partial charge in [0, 0.05) is 12.3 Å². The van der Waals surface area contributed by atoms with Crippen LogP contribution in [0.5, 0.6) is 0 Å². The summed E-state index contributed by atoms with van der Waals surface area (Å²) >= 11 is 0. The van der Waals surface area contributed by atoms with Crippen LogP contribution < -0.4 is 11.2 Å². The van der Waals surface area contributed by atoms with Crippen LogP contribution in [-0.2, 0) is 0 Å². The molecule has 5 heteroatoms. The normalized spacial score (nSPS) is 22.3. The van der Waals surface area contributed by atoms with Crippen molar-refractivity contribution in [2.24, 2.45) is 10.8 Å². The number of urea groups is 1. The number of nitrogens with zero attached hydrogens (tertiary/aromatic N) is 1. The Labute approximate surface area is 99.4 Å². The van der Waals surface area contributed by atoms with E-state index in [-0.39, 0.29) is 5.92 Å². The van der Waals surface area contributed by atoms with Gasteiger partial charge in [-0.15, -0.1) is 0 Å². The number of hydrogen-bond donors (Lipinski definition) is 2. The molecule has 1 heterocycles. The van der Waals surface area contributed by atoms with Crippen molar-refractivity contribution in [3.05, 3.63) is 35.8 Å². The molecule has 1 aromatic rings. The maximum absolute atomic E-state index is 10.6. The Hall–Kier alpha value is -2.04. The molecule has 0 aromatic carbocycles. The van der Waals surface area contributed by atoms with E-state index in [1.54, 1.807) is 6.26 Å². The second-order valence-corrected chi connectivity index (χ2v) is 4.19. The number of carbonyl (C=O) groups excluding carboxylic acids is 1. The number of hydrogen-bond acceptors (Lipinski definition) is 3. The van der Waals surface area contributed by atoms with Crippen molar-refractivity contribution in [2.45, 2.75) is 25.7 Å². The SMILES string of the molecule is CC1=C/C(=N/NC(N)=O)C[C@H](c2ccco2)C1. The van der Waals surface area contributed by atoms with Crippen molar-refractivity contribution in [3.63, 3.8) is 0 Å². The van der Waals surface area contributed by atoms with E-state index >= 15 is 0 Å². The molecule has 0 radical (unpaired) electrons. The third-order valence-electron chi connectivity index (χ3n) is 2.69. The number of furan rings is 1. The second kappa shape index (κ2) is 4.86. The van der Waals surface area contributed by atoms with Crippen molar-refractivity contribution in [3.8, 4) is 0 Å². The maximum Gasteiger partial charge on any atom is 0.332 e. The molecule has 1 aliphatic rings. The molecule has 2 amide bonds. The molecule has 0 spiro atoms. The molecule has 0 unspecified atom stereocenters. The minimum absolute atomic E-state index is 0.281. The minimum Gasteiger partial charge on any atom is -0.469 e. The van der Waals surface area contributed by atoms with Crippen molar-refractivity contribution >= 4 is 11.7 Å². The van der Waals surface area contributed by atoms with Crippen LogP contribution in [0.4, 0.5) is 4.79 Å². The van der Waals surface area contributed by atoms with Gasteiger partial charge in [-0.25, -0.2) is 10.2 Å². The molecule has 1 aliphatic carbocycles. The summed E-state index contributed by atoms with van der Waals surface area (Å²) in [7, 11) is 0. The standard InChI is InChI=1S/C12H15N3O2/c1-8-5-9(11-3-2-4-17-11)7-10(6-8)14-15-12(13)16/h2-4,6,9H,5,7H2,1H3,(H3,13,15,16)/b14-10-/t9-/m1/s1. The lowest BCUT2D eigenvalue weighted by Gasteiger charge is -2.20. The van der Waals surface area contributed by atoms with Gasteiger partial charge in [0.15, 0.2) is 0 Å². The number of nitrogens with one attached hydrogen (secondary N) is 1. The first kappa shape index (κ1) is 11.4. The van der Waals surface area contributed by atoms with E-state index in [0.717, 1.165) is 24.3 Å². The average Bonchev–Trinajstić information content (AvgIpc) is 2.79. The van der Waals surface area contributed by atoms with Gasteiger partial charge in [0.25, 0.3) is 0 Å². The third kappa shape index (κ3) is 2.96. The number of hydrazone groups is 1. The summed E-state index contributed by atoms with van der Waals surface area (Å²) in [6.07, 6.45) is 5.32. The summed E-state index contributed by atoms with van der Waals surface area (Å²) in [6.45, 7) is 2.04. The molecule has 0 aliphatic heterocycles. The molecule has 1 aromatic heterocycles. The fourth-order valence-electron chi connectivity index (χ4n) is 2.05. The van der Waals surface area contributed by atoms with E-state index in [0.29, 0.717) is 0 Å². The molecule has 5 nitrogen and oxygen atoms in total. The Kier molecular flexibility index (Phi) is 3.27. The highest BCUT2D eigenvalue weighted by molar-refractivity contribution is 5.97. The smallest absolute Gasteiger partial charge is 0.332 e. The Morgan fingerprint density at radius 2 is 2.41 bits per heavy atom. The number of primary amides is 1. The fourth-order valence-corrected chi connectivity index (χ4v) is 2.05. The Morgan fingerprint density at radius 3 is 3.06 bits per heavy atom. The molecular weight excluding hydrogens is 218 g/mol. The van der Waals surface area contributed by atoms with Gasteiger partial charge < -0.3 is 10.2 Å². The molecule has 0 fully saturated rings. The molecular formula is C12H15N3O2. The quantitative estimate of drug-likeness (QED) is 0.767. The van der Waals surface area contributed by atoms with Gasteiger partial charge >= 0.3 is 6.03 Å². The molecule has 0 saturated carbocycles. The van der Waals surface area contributed by atoms with Gasteiger partial charge in [-0.2, -0.15) is 5.10 Å². The van der Waals surface area contributed by atoms with Gasteiger partial charge in [0.05, 0.1) is 12.0 Å². The van der Waals surface area contributed by atoms with E-state index in [9.17, 15) is 4.79 Å². The van der Waals surface area contributed by atoms with Gasteiger partial charge in [-0.05, 0) is 31.6 Å². The van der Waals surface area contributed by atoms with E-state index in [2.05, 4.69) is 10.5 Å². The zero-order valence-electron chi connectivity index (χ0n) is 9.64. The first-order valence-corrected chi connectivity index (χ1v) is 5.47. The van der Waals surface area contributed by atoms with Crippen LogP contribution in [-0.4, -0.2) is 11.7 Å². The Morgan fingerprint density at radius 1 is 1.59 bits per heavy atom. The minimum atomic E-state index is -0.649. The van der Waals surface area contributed by atoms with Crippen LogP contribution in [0.25, 0.3) is 0 Å². The monoisotopic (exact) mass is 233 g/mol. The van der Waals surface area contributed by atoms with Gasteiger partial charge in [0.1, 0.15) is 5.76 Å². The number of allylic oxidation sites excluding steroid dienone is 2. The number of amides is 2. The lowest BCUT2D eigenvalue weighted by atomic mass is 9.87. The van der Waals surface area contributed by atoms with Crippen molar-refractivity contribution < 1.29 is 9.21 Å². The van der Waals surface area contributed by atoms with E-state index in [1.165, 1.54) is 5.57 Å². The largest absolute Gasteiger partial charge is 0.469 e. The summed E-state index contributed by atoms with van der Waals surface area (Å²) in [4.78, 5) is 10.6. The molecule has 3 N–H and O–H groups in total. The number of rotatable bonds is 2. The molecule has 0 bridgehead atoms. The molecule has 90 valence electrons. The van der Waals surface area contributed by atoms with Crippen LogP contribution in [0, 0.1) is 0 Å². The highest BCUT2D eigenvalue weighted by Gasteiger charge is 2.21. The zero-order chi connectivity index (χ0) is 12.3. The van der Waals surface area contributed by atoms with Gasteiger partial charge in [-0.3, -0.25) is 0 Å². The fraction of sp³-hybridized carbons (Fsp3) is 0.333. The molecule has 1 atom stereocenters. The number of carbonyl (C=O) groups is 1. The first-order chi connectivity index (χ1) is 8.15. The van der Waals surface area contributed by atoms with Crippen LogP contribution in [0.2, 0.25) is 0 Å². The topological polar surface area (TPSA) is 80.6 Å². The summed E-state index contributed by atoms with van der Waals surface area (Å²) in [5.74, 6) is 1.23. The van der Waals surface area contributed by atoms with Crippen molar-refractivity contribution in [1.29, 1.82) is 0 Å². The predicted molar refractivity (Wildman–Crippen MR) is 64.6 cm³/mol. The van der Waals surface area contributed by atoms with Crippen LogP contribution in [0.1, 0.15) is 31.4 Å². The Balaban J connectivity index is 2.13. The first-order valence-electron chi connectivity index (χ1n) is 5.47. The Bertz CT molecular complexity index is 460. The summed E-state index contributed by atoms with van der Waals surface area (Å²) in [6, 6.07) is 3.19. The maximum atomic E-state index is 10.6. The zero-order valence-corrected chi connectivity index (χ0v) is 9.64. The predicted octanol–water partition coefficient (Wildman–Crippen LogP) is 2.13. The van der Waals surface area contributed by atoms with Crippen LogP contribution in [0.3, 0.4) is 0 Å². The third-order valence-corrected chi connectivity index (χ3v) is 2.69. The van der Waals surface area contributed by atoms with Crippen molar-refractivity contribution in [1.82, 2.24) is 5.43 Å². The lowest BCUT2D eigenvalue weighted by molar-refractivity contribution is 0.249. The highest BCUT2D eigenvalue weighted by Crippen LogP contribution is 2.31. The average molecular weight is 233 g/mol. The summed E-state index contributed by atoms with van der Waals surface area (Å²) < 4.78 is 5.40. The molecule has 17 heavy (non-hydrogen) atoms. The number of nitrogens with two attached hydrogens (primary N) is 1. The summed E-state index contributed by atoms with van der Waals surface area (Å²) in [5.41, 5.74) is 9.26. The summed E-state index contributed by atoms with van der Waals surface area (Å²) in [5, 5.41) is 3.97. The second-order valence-electron chi connectivity index (χ2n) is 4.19. The van der Waals surface area contributed by atoms with Gasteiger partial charge in [-0.1, -0.05) is 5.57 Å². The molecule has 0 saturated heterocycles. The molecule has 2 rings (SSSR count). The van der Waals surface area contributed by atoms with Gasteiger partial charge in [0.2, 0.25) is 0 Å². The highest BCUT2D eigenvalue weighted by atomic mass is 16.3. The lowest BCUT2D eigenvalue weighted by Crippen LogP contribution is -2.26.